The lowest BCUT2D eigenvalue weighted by atomic mass is 9.83. The Hall–Kier alpha value is -3.72. The maximum absolute atomic E-state index is 12.5. The van der Waals surface area contributed by atoms with Gasteiger partial charge in [0.1, 0.15) is 29.8 Å². The first kappa shape index (κ1) is 20.0. The smallest absolute Gasteiger partial charge is 0.338 e. The van der Waals surface area contributed by atoms with Crippen LogP contribution >= 0.6 is 0 Å². The van der Waals surface area contributed by atoms with Gasteiger partial charge in [-0.1, -0.05) is 42.5 Å². The number of hydrogen-bond acceptors (Lipinski definition) is 6. The molecule has 1 aliphatic heterocycles. The summed E-state index contributed by atoms with van der Waals surface area (Å²) in [6.45, 7) is 4.02. The van der Waals surface area contributed by atoms with E-state index in [0.717, 1.165) is 11.1 Å². The zero-order valence-electron chi connectivity index (χ0n) is 16.3. The van der Waals surface area contributed by atoms with Crippen molar-refractivity contribution >= 4 is 5.97 Å². The van der Waals surface area contributed by atoms with E-state index in [9.17, 15) is 10.1 Å². The summed E-state index contributed by atoms with van der Waals surface area (Å²) in [5.41, 5.74) is 8.15. The van der Waals surface area contributed by atoms with Crippen LogP contribution in [0, 0.1) is 11.3 Å². The van der Waals surface area contributed by atoms with E-state index in [1.807, 2.05) is 42.5 Å². The lowest BCUT2D eigenvalue weighted by Crippen LogP contribution is -2.25. The first-order valence-electron chi connectivity index (χ1n) is 9.27. The third-order valence-electron chi connectivity index (χ3n) is 4.56. The van der Waals surface area contributed by atoms with Gasteiger partial charge in [0.2, 0.25) is 5.88 Å². The molecule has 2 N–H and O–H groups in total. The number of carbonyl (C=O) groups is 1. The van der Waals surface area contributed by atoms with Crippen molar-refractivity contribution in [3.63, 3.8) is 0 Å². The topological polar surface area (TPSA) is 94.6 Å². The van der Waals surface area contributed by atoms with E-state index in [-0.39, 0.29) is 23.6 Å². The molecule has 2 aromatic carbocycles. The molecule has 0 amide bonds. The molecular formula is C23H22N2O4. The zero-order chi connectivity index (χ0) is 20.8. The highest BCUT2D eigenvalue weighted by Gasteiger charge is 2.36. The summed E-state index contributed by atoms with van der Waals surface area (Å²) in [5, 5.41) is 9.61. The highest BCUT2D eigenvalue weighted by atomic mass is 16.5. The molecule has 0 spiro atoms. The van der Waals surface area contributed by atoms with Crippen molar-refractivity contribution in [2.75, 3.05) is 6.61 Å². The fraction of sp³-hybridized carbons (Fsp3) is 0.217. The molecular weight excluding hydrogens is 368 g/mol. The maximum atomic E-state index is 12.5. The minimum Gasteiger partial charge on any atom is -0.489 e. The number of ether oxygens (including phenoxy) is 3. The van der Waals surface area contributed by atoms with Crippen LogP contribution in [-0.2, 0) is 20.9 Å². The van der Waals surface area contributed by atoms with Gasteiger partial charge in [-0.15, -0.1) is 0 Å². The molecule has 6 heteroatoms. The molecule has 148 valence electrons. The van der Waals surface area contributed by atoms with Crippen molar-refractivity contribution in [2.45, 2.75) is 26.4 Å². The average molecular weight is 390 g/mol. The molecule has 0 fully saturated rings. The van der Waals surface area contributed by atoms with Crippen LogP contribution in [0.25, 0.3) is 0 Å². The molecule has 1 aliphatic rings. The van der Waals surface area contributed by atoms with Crippen LogP contribution in [0.1, 0.15) is 30.9 Å². The lowest BCUT2D eigenvalue weighted by molar-refractivity contribution is -0.139. The Morgan fingerprint density at radius 1 is 1.17 bits per heavy atom. The number of benzene rings is 2. The SMILES string of the molecule is CCOC(=O)C1=C(C)OC(N)=C(C#N)C1c1ccc(OCc2ccccc2)cc1. The van der Waals surface area contributed by atoms with Gasteiger partial charge in [-0.3, -0.25) is 0 Å². The van der Waals surface area contributed by atoms with E-state index >= 15 is 0 Å². The summed E-state index contributed by atoms with van der Waals surface area (Å²) in [4.78, 5) is 12.5. The summed E-state index contributed by atoms with van der Waals surface area (Å²) >= 11 is 0. The van der Waals surface area contributed by atoms with Crippen LogP contribution in [0.3, 0.4) is 0 Å². The van der Waals surface area contributed by atoms with Crippen molar-refractivity contribution in [3.05, 3.63) is 88.5 Å². The standard InChI is InChI=1S/C23H22N2O4/c1-3-27-23(26)20-15(2)29-22(25)19(13-24)21(20)17-9-11-18(12-10-17)28-14-16-7-5-4-6-8-16/h4-12,21H,3,14,25H2,1-2H3. The molecule has 1 atom stereocenters. The Kier molecular flexibility index (Phi) is 6.20. The van der Waals surface area contributed by atoms with Crippen LogP contribution in [0.2, 0.25) is 0 Å². The number of nitrogens with two attached hydrogens (primary N) is 1. The summed E-state index contributed by atoms with van der Waals surface area (Å²) in [7, 11) is 0. The Labute approximate surface area is 169 Å². The Morgan fingerprint density at radius 2 is 1.86 bits per heavy atom. The van der Waals surface area contributed by atoms with Crippen molar-refractivity contribution in [1.29, 1.82) is 5.26 Å². The molecule has 0 saturated heterocycles. The van der Waals surface area contributed by atoms with Gasteiger partial charge in [-0.25, -0.2) is 4.79 Å². The molecule has 0 bridgehead atoms. The average Bonchev–Trinajstić information content (AvgIpc) is 2.73. The minimum atomic E-state index is -0.657. The lowest BCUT2D eigenvalue weighted by Gasteiger charge is -2.26. The monoisotopic (exact) mass is 390 g/mol. The normalized spacial score (nSPS) is 16.1. The Balaban J connectivity index is 1.88. The quantitative estimate of drug-likeness (QED) is 0.752. The second kappa shape index (κ2) is 8.98. The molecule has 29 heavy (non-hydrogen) atoms. The van der Waals surface area contributed by atoms with Crippen molar-refractivity contribution in [2.24, 2.45) is 5.73 Å². The van der Waals surface area contributed by atoms with Gasteiger partial charge in [0.25, 0.3) is 0 Å². The molecule has 3 rings (SSSR count). The van der Waals surface area contributed by atoms with Crippen molar-refractivity contribution in [1.82, 2.24) is 0 Å². The van der Waals surface area contributed by atoms with E-state index in [1.165, 1.54) is 0 Å². The highest BCUT2D eigenvalue weighted by Crippen LogP contribution is 2.39. The number of carbonyl (C=O) groups excluding carboxylic acids is 1. The summed E-state index contributed by atoms with van der Waals surface area (Å²) in [6, 6.07) is 19.1. The molecule has 0 radical (unpaired) electrons. The van der Waals surface area contributed by atoms with Crippen LogP contribution in [0.4, 0.5) is 0 Å². The van der Waals surface area contributed by atoms with Crippen molar-refractivity contribution < 1.29 is 19.0 Å². The van der Waals surface area contributed by atoms with E-state index < -0.39 is 11.9 Å². The molecule has 0 aromatic heterocycles. The van der Waals surface area contributed by atoms with Crippen molar-refractivity contribution in [3.8, 4) is 11.8 Å². The number of nitriles is 1. The molecule has 2 aromatic rings. The molecule has 1 unspecified atom stereocenters. The van der Waals surface area contributed by atoms with E-state index in [4.69, 9.17) is 19.9 Å². The molecule has 0 aliphatic carbocycles. The summed E-state index contributed by atoms with van der Waals surface area (Å²) in [6.07, 6.45) is 0. The summed E-state index contributed by atoms with van der Waals surface area (Å²) < 4.78 is 16.4. The zero-order valence-corrected chi connectivity index (χ0v) is 16.3. The van der Waals surface area contributed by atoms with Crippen LogP contribution in [0.5, 0.6) is 5.75 Å². The predicted molar refractivity (Wildman–Crippen MR) is 107 cm³/mol. The first-order chi connectivity index (χ1) is 14.0. The fourth-order valence-electron chi connectivity index (χ4n) is 3.19. The second-order valence-corrected chi connectivity index (χ2v) is 6.46. The van der Waals surface area contributed by atoms with E-state index in [0.29, 0.717) is 18.1 Å². The number of esters is 1. The van der Waals surface area contributed by atoms with E-state index in [1.54, 1.807) is 26.0 Å². The van der Waals surface area contributed by atoms with Crippen LogP contribution in [0.15, 0.2) is 77.4 Å². The van der Waals surface area contributed by atoms with Gasteiger partial charge >= 0.3 is 5.97 Å². The highest BCUT2D eigenvalue weighted by molar-refractivity contribution is 5.92. The number of hydrogen-bond donors (Lipinski definition) is 1. The van der Waals surface area contributed by atoms with Gasteiger partial charge in [0, 0.05) is 0 Å². The molecule has 6 nitrogen and oxygen atoms in total. The maximum Gasteiger partial charge on any atom is 0.338 e. The Morgan fingerprint density at radius 3 is 2.48 bits per heavy atom. The van der Waals surface area contributed by atoms with Gasteiger partial charge in [0.15, 0.2) is 0 Å². The Bertz CT molecular complexity index is 986. The van der Waals surface area contributed by atoms with Gasteiger partial charge in [-0.2, -0.15) is 5.26 Å². The van der Waals surface area contributed by atoms with Crippen LogP contribution < -0.4 is 10.5 Å². The molecule has 0 saturated carbocycles. The second-order valence-electron chi connectivity index (χ2n) is 6.46. The minimum absolute atomic E-state index is 0.00699. The predicted octanol–water partition coefficient (Wildman–Crippen LogP) is 3.91. The van der Waals surface area contributed by atoms with E-state index in [2.05, 4.69) is 6.07 Å². The fourth-order valence-corrected chi connectivity index (χ4v) is 3.19. The first-order valence-corrected chi connectivity index (χ1v) is 9.27. The van der Waals surface area contributed by atoms with Gasteiger partial charge in [-0.05, 0) is 37.1 Å². The van der Waals surface area contributed by atoms with Gasteiger partial charge < -0.3 is 19.9 Å². The summed E-state index contributed by atoms with van der Waals surface area (Å²) in [5.74, 6) is -0.184. The largest absolute Gasteiger partial charge is 0.489 e. The number of allylic oxidation sites excluding steroid dienone is 2. The molecule has 1 heterocycles. The van der Waals surface area contributed by atoms with Crippen LogP contribution in [-0.4, -0.2) is 12.6 Å². The third kappa shape index (κ3) is 4.41. The third-order valence-corrected chi connectivity index (χ3v) is 4.56. The number of nitrogens with zero attached hydrogens (tertiary/aromatic N) is 1. The number of rotatable bonds is 6. The van der Waals surface area contributed by atoms with Gasteiger partial charge in [0.05, 0.1) is 18.1 Å².